The maximum absolute atomic E-state index is 5.90. The third kappa shape index (κ3) is 4.46. The van der Waals surface area contributed by atoms with Crippen molar-refractivity contribution in [1.82, 2.24) is 9.97 Å². The topological polar surface area (TPSA) is 25.8 Å². The van der Waals surface area contributed by atoms with Crippen LogP contribution in [0.2, 0.25) is 5.02 Å². The zero-order valence-electron chi connectivity index (χ0n) is 13.9. The molecule has 2 nitrogen and oxygen atoms in total. The van der Waals surface area contributed by atoms with E-state index in [1.807, 2.05) is 24.3 Å². The molecular formula is C21H21ClN2. The number of nitrogens with zero attached hydrogens (tertiary/aromatic N) is 2. The molecule has 1 aromatic heterocycles. The van der Waals surface area contributed by atoms with Gasteiger partial charge in [0.25, 0.3) is 0 Å². The standard InChI is InChI=1S/C21H21ClN2/c1-2-3-16-4-6-17(7-5-16)8-9-18-14-23-21(24-15-18)19-10-12-20(22)13-11-19/h2-3,10-17H,4-7H2,1H3/b3-2+. The molecule has 24 heavy (non-hydrogen) atoms. The second kappa shape index (κ2) is 8.13. The number of hydrogen-bond donors (Lipinski definition) is 0. The van der Waals surface area contributed by atoms with Gasteiger partial charge in [0.2, 0.25) is 0 Å². The number of allylic oxidation sites excluding steroid dienone is 2. The zero-order chi connectivity index (χ0) is 16.8. The van der Waals surface area contributed by atoms with Crippen LogP contribution in [0.25, 0.3) is 11.4 Å². The summed E-state index contributed by atoms with van der Waals surface area (Å²) in [6, 6.07) is 7.54. The van der Waals surface area contributed by atoms with E-state index in [9.17, 15) is 0 Å². The van der Waals surface area contributed by atoms with E-state index in [0.29, 0.717) is 16.8 Å². The minimum atomic E-state index is 0.502. The number of halogens is 1. The molecule has 1 fully saturated rings. The first-order valence-electron chi connectivity index (χ1n) is 8.47. The second-order valence-corrected chi connectivity index (χ2v) is 6.65. The molecule has 1 aliphatic carbocycles. The lowest BCUT2D eigenvalue weighted by atomic mass is 9.82. The molecular weight excluding hydrogens is 316 g/mol. The van der Waals surface area contributed by atoms with Gasteiger partial charge < -0.3 is 0 Å². The highest BCUT2D eigenvalue weighted by atomic mass is 35.5. The van der Waals surface area contributed by atoms with Crippen molar-refractivity contribution >= 4 is 11.6 Å². The summed E-state index contributed by atoms with van der Waals surface area (Å²) in [6.07, 6.45) is 13.0. The molecule has 2 aromatic rings. The highest BCUT2D eigenvalue weighted by Gasteiger charge is 2.17. The van der Waals surface area contributed by atoms with E-state index >= 15 is 0 Å². The van der Waals surface area contributed by atoms with Crippen LogP contribution in [0.5, 0.6) is 0 Å². The lowest BCUT2D eigenvalue weighted by Gasteiger charge is -2.22. The van der Waals surface area contributed by atoms with Crippen LogP contribution in [0.15, 0.2) is 48.8 Å². The predicted octanol–water partition coefficient (Wildman–Crippen LogP) is 5.53. The average Bonchev–Trinajstić information content (AvgIpc) is 2.63. The smallest absolute Gasteiger partial charge is 0.159 e. The van der Waals surface area contributed by atoms with Crippen LogP contribution in [-0.2, 0) is 0 Å². The van der Waals surface area contributed by atoms with Gasteiger partial charge in [0.15, 0.2) is 5.82 Å². The van der Waals surface area contributed by atoms with Gasteiger partial charge in [-0.1, -0.05) is 35.6 Å². The summed E-state index contributed by atoms with van der Waals surface area (Å²) in [7, 11) is 0. The van der Waals surface area contributed by atoms with Crippen LogP contribution in [0, 0.1) is 23.7 Å². The van der Waals surface area contributed by atoms with Gasteiger partial charge in [-0.15, -0.1) is 0 Å². The largest absolute Gasteiger partial charge is 0.235 e. The van der Waals surface area contributed by atoms with E-state index in [1.54, 1.807) is 12.4 Å². The fraction of sp³-hybridized carbons (Fsp3) is 0.333. The van der Waals surface area contributed by atoms with Gasteiger partial charge in [-0.05, 0) is 62.8 Å². The maximum Gasteiger partial charge on any atom is 0.159 e. The SMILES string of the molecule is C/C=C/C1CCC(C#Cc2cnc(-c3ccc(Cl)cc3)nc2)CC1. The Balaban J connectivity index is 1.62. The highest BCUT2D eigenvalue weighted by molar-refractivity contribution is 6.30. The number of aromatic nitrogens is 2. The van der Waals surface area contributed by atoms with E-state index in [4.69, 9.17) is 11.6 Å². The molecule has 0 radical (unpaired) electrons. The fourth-order valence-electron chi connectivity index (χ4n) is 3.05. The third-order valence-electron chi connectivity index (χ3n) is 4.41. The normalized spacial score (nSPS) is 20.6. The minimum Gasteiger partial charge on any atom is -0.235 e. The molecule has 0 saturated heterocycles. The molecule has 0 spiro atoms. The Bertz CT molecular complexity index is 743. The summed E-state index contributed by atoms with van der Waals surface area (Å²) in [6.45, 7) is 2.10. The molecule has 3 rings (SSSR count). The summed E-state index contributed by atoms with van der Waals surface area (Å²) < 4.78 is 0. The molecule has 122 valence electrons. The van der Waals surface area contributed by atoms with Gasteiger partial charge in [0.1, 0.15) is 0 Å². The van der Waals surface area contributed by atoms with Crippen molar-refractivity contribution in [3.63, 3.8) is 0 Å². The first-order valence-corrected chi connectivity index (χ1v) is 8.84. The summed E-state index contributed by atoms with van der Waals surface area (Å²) >= 11 is 5.90. The first-order chi connectivity index (χ1) is 11.7. The number of hydrogen-bond acceptors (Lipinski definition) is 2. The number of benzene rings is 1. The van der Waals surface area contributed by atoms with Crippen molar-refractivity contribution in [2.24, 2.45) is 11.8 Å². The minimum absolute atomic E-state index is 0.502. The molecule has 1 aromatic carbocycles. The molecule has 0 amide bonds. The van der Waals surface area contributed by atoms with Crippen molar-refractivity contribution in [3.05, 3.63) is 59.4 Å². The monoisotopic (exact) mass is 336 g/mol. The fourth-order valence-corrected chi connectivity index (χ4v) is 3.18. The lowest BCUT2D eigenvalue weighted by Crippen LogP contribution is -2.11. The molecule has 1 heterocycles. The van der Waals surface area contributed by atoms with Gasteiger partial charge in [-0.2, -0.15) is 0 Å². The van der Waals surface area contributed by atoms with E-state index in [1.165, 1.54) is 25.7 Å². The van der Waals surface area contributed by atoms with Crippen LogP contribution >= 0.6 is 11.6 Å². The molecule has 0 atom stereocenters. The van der Waals surface area contributed by atoms with Crippen LogP contribution in [0.3, 0.4) is 0 Å². The van der Waals surface area contributed by atoms with E-state index in [-0.39, 0.29) is 0 Å². The Morgan fingerprint density at radius 3 is 2.33 bits per heavy atom. The van der Waals surface area contributed by atoms with Crippen LogP contribution in [0.4, 0.5) is 0 Å². The Morgan fingerprint density at radius 2 is 1.71 bits per heavy atom. The van der Waals surface area contributed by atoms with Crippen LogP contribution in [0.1, 0.15) is 38.2 Å². The Hall–Kier alpha value is -2.11. The Kier molecular flexibility index (Phi) is 5.67. The molecule has 0 N–H and O–H groups in total. The van der Waals surface area contributed by atoms with Gasteiger partial charge in [-0.3, -0.25) is 0 Å². The summed E-state index contributed by atoms with van der Waals surface area (Å²) in [5, 5.41) is 0.713. The van der Waals surface area contributed by atoms with Crippen molar-refractivity contribution in [3.8, 4) is 23.2 Å². The summed E-state index contributed by atoms with van der Waals surface area (Å²) in [4.78, 5) is 8.83. The molecule has 0 aliphatic heterocycles. The van der Waals surface area contributed by atoms with Crippen molar-refractivity contribution < 1.29 is 0 Å². The quantitative estimate of drug-likeness (QED) is 0.532. The van der Waals surface area contributed by atoms with Gasteiger partial charge >= 0.3 is 0 Å². The second-order valence-electron chi connectivity index (χ2n) is 6.21. The molecule has 1 saturated carbocycles. The maximum atomic E-state index is 5.90. The molecule has 1 aliphatic rings. The molecule has 3 heteroatoms. The van der Waals surface area contributed by atoms with Gasteiger partial charge in [0.05, 0.1) is 5.56 Å². The van der Waals surface area contributed by atoms with Crippen LogP contribution < -0.4 is 0 Å². The zero-order valence-corrected chi connectivity index (χ0v) is 14.6. The Labute approximate surface area is 149 Å². The van der Waals surface area contributed by atoms with Crippen molar-refractivity contribution in [2.75, 3.05) is 0 Å². The van der Waals surface area contributed by atoms with Gasteiger partial charge in [-0.25, -0.2) is 9.97 Å². The highest BCUT2D eigenvalue weighted by Crippen LogP contribution is 2.29. The average molecular weight is 337 g/mol. The molecule has 0 unspecified atom stereocenters. The predicted molar refractivity (Wildman–Crippen MR) is 99.6 cm³/mol. The summed E-state index contributed by atoms with van der Waals surface area (Å²) in [5.41, 5.74) is 1.84. The van der Waals surface area contributed by atoms with E-state index in [0.717, 1.165) is 17.0 Å². The third-order valence-corrected chi connectivity index (χ3v) is 4.66. The lowest BCUT2D eigenvalue weighted by molar-refractivity contribution is 0.364. The summed E-state index contributed by atoms with van der Waals surface area (Å²) in [5.74, 6) is 8.58. The van der Waals surface area contributed by atoms with Gasteiger partial charge in [0, 0.05) is 28.9 Å². The van der Waals surface area contributed by atoms with Crippen molar-refractivity contribution in [2.45, 2.75) is 32.6 Å². The van der Waals surface area contributed by atoms with E-state index in [2.05, 4.69) is 40.9 Å². The Morgan fingerprint density at radius 1 is 1.04 bits per heavy atom. The van der Waals surface area contributed by atoms with Crippen molar-refractivity contribution in [1.29, 1.82) is 0 Å². The first kappa shape index (κ1) is 16.7. The molecule has 0 bridgehead atoms. The van der Waals surface area contributed by atoms with E-state index < -0.39 is 0 Å². The number of rotatable bonds is 2. The van der Waals surface area contributed by atoms with Crippen LogP contribution in [-0.4, -0.2) is 9.97 Å².